The number of fused-ring (bicyclic) bond motifs is 4. The fourth-order valence-corrected chi connectivity index (χ4v) is 5.87. The molecule has 2 N–H and O–H groups in total. The summed E-state index contributed by atoms with van der Waals surface area (Å²) < 4.78 is 11.2. The van der Waals surface area contributed by atoms with E-state index >= 15 is 0 Å². The second-order valence-electron chi connectivity index (χ2n) is 10.7. The van der Waals surface area contributed by atoms with Gasteiger partial charge in [-0.1, -0.05) is 86.3 Å². The molecule has 0 aliphatic carbocycles. The number of nitrogens with zero attached hydrogens (tertiary/aromatic N) is 2. The van der Waals surface area contributed by atoms with E-state index in [1.54, 1.807) is 14.2 Å². The van der Waals surface area contributed by atoms with Crippen molar-refractivity contribution < 1.29 is 9.47 Å². The van der Waals surface area contributed by atoms with Crippen LogP contribution < -0.4 is 20.1 Å². The Morgan fingerprint density at radius 2 is 0.881 bits per heavy atom. The van der Waals surface area contributed by atoms with Crippen molar-refractivity contribution in [2.24, 2.45) is 0 Å². The Hall–Kier alpha value is -4.58. The molecule has 0 aliphatic rings. The molecule has 0 atom stereocenters. The van der Waals surface area contributed by atoms with Gasteiger partial charge in [0.05, 0.1) is 36.6 Å². The molecule has 4 aromatic carbocycles. The maximum atomic E-state index is 5.60. The number of benzene rings is 4. The van der Waals surface area contributed by atoms with Crippen LogP contribution in [0.4, 0.5) is 11.4 Å². The number of methoxy groups -OCH3 is 2. The van der Waals surface area contributed by atoms with E-state index in [4.69, 9.17) is 19.4 Å². The number of anilines is 2. The van der Waals surface area contributed by atoms with E-state index in [1.165, 1.54) is 25.7 Å². The van der Waals surface area contributed by atoms with Gasteiger partial charge in [0.2, 0.25) is 0 Å². The molecule has 0 fully saturated rings. The highest BCUT2D eigenvalue weighted by Gasteiger charge is 2.13. The molecule has 6 aromatic rings. The Morgan fingerprint density at radius 3 is 1.33 bits per heavy atom. The van der Waals surface area contributed by atoms with Crippen LogP contribution >= 0.6 is 0 Å². The third kappa shape index (κ3) is 5.62. The van der Waals surface area contributed by atoms with Crippen LogP contribution in [0.25, 0.3) is 43.6 Å². The van der Waals surface area contributed by atoms with Crippen LogP contribution in [0.2, 0.25) is 0 Å². The maximum Gasteiger partial charge on any atom is 0.145 e. The standard InChI is InChI=1S/C36H38N4O2/c1-41-31-21-13-17-27-33(25-15-7-9-19-29(25)39-35(27)31)37-23-11-5-3-4-6-12-24-38-34-26-16-8-10-20-30(26)40-36-28(34)18-14-22-32(36)42-2/h7-10,13-22H,3-6,11-12,23-24H2,1-2H3,(H,37,39)(H,38,40). The number of pyridine rings is 2. The van der Waals surface area contributed by atoms with Gasteiger partial charge in [0.15, 0.2) is 0 Å². The monoisotopic (exact) mass is 558 g/mol. The van der Waals surface area contributed by atoms with Gasteiger partial charge in [-0.15, -0.1) is 0 Å². The van der Waals surface area contributed by atoms with Crippen LogP contribution in [-0.2, 0) is 0 Å². The van der Waals surface area contributed by atoms with E-state index in [0.29, 0.717) is 0 Å². The highest BCUT2D eigenvalue weighted by molar-refractivity contribution is 6.10. The van der Waals surface area contributed by atoms with Crippen molar-refractivity contribution in [2.75, 3.05) is 37.9 Å². The molecule has 0 aliphatic heterocycles. The summed E-state index contributed by atoms with van der Waals surface area (Å²) in [5, 5.41) is 12.0. The second-order valence-corrected chi connectivity index (χ2v) is 10.7. The summed E-state index contributed by atoms with van der Waals surface area (Å²) in [5.74, 6) is 1.61. The summed E-state index contributed by atoms with van der Waals surface area (Å²) in [6.07, 6.45) is 7.18. The average molecular weight is 559 g/mol. The van der Waals surface area contributed by atoms with Gasteiger partial charge in [0.25, 0.3) is 0 Å². The number of nitrogens with one attached hydrogen (secondary N) is 2. The molecular formula is C36H38N4O2. The molecule has 2 heterocycles. The number of para-hydroxylation sites is 4. The molecule has 0 spiro atoms. The van der Waals surface area contributed by atoms with Crippen molar-refractivity contribution in [2.45, 2.75) is 38.5 Å². The number of hydrogen-bond acceptors (Lipinski definition) is 6. The van der Waals surface area contributed by atoms with E-state index in [1.807, 2.05) is 36.4 Å². The normalized spacial score (nSPS) is 11.4. The van der Waals surface area contributed by atoms with Gasteiger partial charge in [-0.05, 0) is 37.1 Å². The van der Waals surface area contributed by atoms with Crippen molar-refractivity contribution in [3.8, 4) is 11.5 Å². The molecule has 0 bridgehead atoms. The van der Waals surface area contributed by atoms with Crippen molar-refractivity contribution in [1.82, 2.24) is 9.97 Å². The molecule has 0 saturated heterocycles. The lowest BCUT2D eigenvalue weighted by molar-refractivity contribution is 0.419. The van der Waals surface area contributed by atoms with Crippen LogP contribution in [0.3, 0.4) is 0 Å². The third-order valence-corrected chi connectivity index (χ3v) is 7.99. The lowest BCUT2D eigenvalue weighted by Crippen LogP contribution is -2.05. The predicted molar refractivity (Wildman–Crippen MR) is 176 cm³/mol. The van der Waals surface area contributed by atoms with Gasteiger partial charge >= 0.3 is 0 Å². The molecular weight excluding hydrogens is 520 g/mol. The van der Waals surface area contributed by atoms with Crippen LogP contribution in [0, 0.1) is 0 Å². The summed E-state index contributed by atoms with van der Waals surface area (Å²) in [4.78, 5) is 9.76. The first-order chi connectivity index (χ1) is 20.8. The lowest BCUT2D eigenvalue weighted by atomic mass is 10.1. The molecule has 0 unspecified atom stereocenters. The van der Waals surface area contributed by atoms with Crippen molar-refractivity contribution in [1.29, 1.82) is 0 Å². The molecule has 0 amide bonds. The summed E-state index contributed by atoms with van der Waals surface area (Å²) >= 11 is 0. The van der Waals surface area contributed by atoms with E-state index in [9.17, 15) is 0 Å². The smallest absolute Gasteiger partial charge is 0.145 e. The van der Waals surface area contributed by atoms with Gasteiger partial charge in [-0.3, -0.25) is 0 Å². The number of hydrogen-bond donors (Lipinski definition) is 2. The van der Waals surface area contributed by atoms with Crippen LogP contribution in [0.5, 0.6) is 11.5 Å². The second kappa shape index (κ2) is 12.9. The first-order valence-electron chi connectivity index (χ1n) is 15.0. The van der Waals surface area contributed by atoms with Crippen molar-refractivity contribution >= 4 is 55.0 Å². The van der Waals surface area contributed by atoms with Gasteiger partial charge in [-0.2, -0.15) is 0 Å². The molecule has 0 saturated carbocycles. The average Bonchev–Trinajstić information content (AvgIpc) is 3.04. The molecule has 6 nitrogen and oxygen atoms in total. The fraction of sp³-hybridized carbons (Fsp3) is 0.278. The quantitative estimate of drug-likeness (QED) is 0.109. The largest absolute Gasteiger partial charge is 0.494 e. The Kier molecular flexibility index (Phi) is 8.50. The van der Waals surface area contributed by atoms with Crippen LogP contribution in [0.1, 0.15) is 38.5 Å². The SMILES string of the molecule is COc1cccc2c(NCCCCCCCCNc3c4ccccc4nc4c(OC)cccc34)c3ccccc3nc12. The third-order valence-electron chi connectivity index (χ3n) is 7.99. The minimum atomic E-state index is 0.806. The van der Waals surface area contributed by atoms with Crippen molar-refractivity contribution in [3.05, 3.63) is 84.9 Å². The predicted octanol–water partition coefficient (Wildman–Crippen LogP) is 8.97. The molecule has 0 radical (unpaired) electrons. The summed E-state index contributed by atoms with van der Waals surface area (Å²) in [6.45, 7) is 1.88. The number of aromatic nitrogens is 2. The Labute approximate surface area is 247 Å². The maximum absolute atomic E-state index is 5.60. The van der Waals surface area contributed by atoms with E-state index in [-0.39, 0.29) is 0 Å². The summed E-state index contributed by atoms with van der Waals surface area (Å²) in [5.41, 5.74) is 6.07. The highest BCUT2D eigenvalue weighted by Crippen LogP contribution is 2.36. The van der Waals surface area contributed by atoms with Gasteiger partial charge < -0.3 is 20.1 Å². The zero-order chi connectivity index (χ0) is 28.7. The zero-order valence-electron chi connectivity index (χ0n) is 24.5. The lowest BCUT2D eigenvalue weighted by Gasteiger charge is -2.15. The number of ether oxygens (including phenoxy) is 2. The molecule has 6 heteroatoms. The molecule has 2 aromatic heterocycles. The Bertz CT molecular complexity index is 1700. The topological polar surface area (TPSA) is 68.3 Å². The van der Waals surface area contributed by atoms with Crippen molar-refractivity contribution in [3.63, 3.8) is 0 Å². The fourth-order valence-electron chi connectivity index (χ4n) is 5.87. The number of rotatable bonds is 13. The Balaban J connectivity index is 0.996. The first kappa shape index (κ1) is 27.6. The zero-order valence-corrected chi connectivity index (χ0v) is 24.5. The van der Waals surface area contributed by atoms with E-state index in [0.717, 1.165) is 92.4 Å². The Morgan fingerprint density at radius 1 is 0.476 bits per heavy atom. The van der Waals surface area contributed by atoms with Gasteiger partial charge in [0, 0.05) is 34.6 Å². The van der Waals surface area contributed by atoms with Gasteiger partial charge in [0.1, 0.15) is 22.5 Å². The van der Waals surface area contributed by atoms with Crippen LogP contribution in [-0.4, -0.2) is 37.3 Å². The molecule has 214 valence electrons. The summed E-state index contributed by atoms with van der Waals surface area (Å²) in [7, 11) is 3.41. The van der Waals surface area contributed by atoms with E-state index < -0.39 is 0 Å². The highest BCUT2D eigenvalue weighted by atomic mass is 16.5. The number of unbranched alkanes of at least 4 members (excludes halogenated alkanes) is 5. The minimum absolute atomic E-state index is 0.806. The van der Waals surface area contributed by atoms with Gasteiger partial charge in [-0.25, -0.2) is 9.97 Å². The first-order valence-corrected chi connectivity index (χ1v) is 15.0. The van der Waals surface area contributed by atoms with E-state index in [2.05, 4.69) is 59.2 Å². The minimum Gasteiger partial charge on any atom is -0.494 e. The molecule has 6 rings (SSSR count). The summed E-state index contributed by atoms with van der Waals surface area (Å²) in [6, 6.07) is 28.9. The van der Waals surface area contributed by atoms with Crippen LogP contribution in [0.15, 0.2) is 84.9 Å². The molecule has 42 heavy (non-hydrogen) atoms.